The lowest BCUT2D eigenvalue weighted by atomic mass is 10.1. The number of sulfonamides is 1. The Balaban J connectivity index is 1.68. The van der Waals surface area contributed by atoms with Gasteiger partial charge < -0.3 is 14.8 Å². The summed E-state index contributed by atoms with van der Waals surface area (Å²) in [5, 5.41) is 2.86. The van der Waals surface area contributed by atoms with Crippen molar-refractivity contribution in [3.05, 3.63) is 83.9 Å². The molecular formula is C28H34N2O5S. The van der Waals surface area contributed by atoms with Gasteiger partial charge in [0.1, 0.15) is 18.0 Å². The zero-order chi connectivity index (χ0) is 26.0. The number of anilines is 1. The third-order valence-electron chi connectivity index (χ3n) is 5.64. The first kappa shape index (κ1) is 27.1. The van der Waals surface area contributed by atoms with Gasteiger partial charge in [0.15, 0.2) is 0 Å². The van der Waals surface area contributed by atoms with Gasteiger partial charge in [0.05, 0.1) is 24.3 Å². The number of rotatable bonds is 13. The van der Waals surface area contributed by atoms with Crippen LogP contribution in [0.25, 0.3) is 0 Å². The first-order valence-electron chi connectivity index (χ1n) is 12.1. The number of carbonyl (C=O) groups excluding carboxylic acids is 1. The normalized spacial score (nSPS) is 11.1. The van der Waals surface area contributed by atoms with Gasteiger partial charge in [-0.15, -0.1) is 0 Å². The third-order valence-corrected chi connectivity index (χ3v) is 7.42. The van der Waals surface area contributed by atoms with Gasteiger partial charge in [0.25, 0.3) is 10.0 Å². The van der Waals surface area contributed by atoms with E-state index in [2.05, 4.69) is 12.2 Å². The molecule has 192 valence electrons. The molecule has 0 saturated heterocycles. The summed E-state index contributed by atoms with van der Waals surface area (Å²) < 4.78 is 39.1. The summed E-state index contributed by atoms with van der Waals surface area (Å²) in [6, 6.07) is 21.1. The highest BCUT2D eigenvalue weighted by Crippen LogP contribution is 2.26. The number of nitrogens with one attached hydrogen (secondary N) is 1. The lowest BCUT2D eigenvalue weighted by molar-refractivity contribution is -0.119. The maximum absolute atomic E-state index is 13.5. The molecule has 0 saturated carbocycles. The molecular weight excluding hydrogens is 476 g/mol. The Hall–Kier alpha value is -3.52. The van der Waals surface area contributed by atoms with E-state index in [1.165, 1.54) is 7.11 Å². The zero-order valence-electron chi connectivity index (χ0n) is 21.1. The number of para-hydroxylation sites is 1. The maximum atomic E-state index is 13.5. The fourth-order valence-electron chi connectivity index (χ4n) is 3.66. The smallest absolute Gasteiger partial charge is 0.264 e. The van der Waals surface area contributed by atoms with Crippen LogP contribution in [0.15, 0.2) is 77.7 Å². The Bertz CT molecular complexity index is 1230. The molecule has 3 aromatic rings. The molecule has 0 unspecified atom stereocenters. The van der Waals surface area contributed by atoms with E-state index in [0.29, 0.717) is 31.0 Å². The van der Waals surface area contributed by atoms with Crippen molar-refractivity contribution in [1.29, 1.82) is 0 Å². The fourth-order valence-corrected chi connectivity index (χ4v) is 5.08. The Labute approximate surface area is 214 Å². The van der Waals surface area contributed by atoms with Crippen LogP contribution in [0.5, 0.6) is 11.5 Å². The van der Waals surface area contributed by atoms with Gasteiger partial charge in [-0.25, -0.2) is 8.42 Å². The van der Waals surface area contributed by atoms with Crippen LogP contribution in [-0.4, -0.2) is 41.1 Å². The van der Waals surface area contributed by atoms with Crippen LogP contribution in [0.2, 0.25) is 0 Å². The number of nitrogens with zero attached hydrogens (tertiary/aromatic N) is 1. The summed E-state index contributed by atoms with van der Waals surface area (Å²) in [6.45, 7) is 4.69. The second kappa shape index (κ2) is 13.0. The molecule has 0 bridgehead atoms. The molecule has 0 spiro atoms. The van der Waals surface area contributed by atoms with E-state index in [4.69, 9.17) is 9.47 Å². The molecule has 1 N–H and O–H groups in total. The van der Waals surface area contributed by atoms with Crippen LogP contribution in [0, 0.1) is 6.92 Å². The molecule has 0 aliphatic heterocycles. The van der Waals surface area contributed by atoms with Crippen LogP contribution in [-0.2, 0) is 21.2 Å². The second-order valence-corrected chi connectivity index (χ2v) is 10.3. The van der Waals surface area contributed by atoms with Crippen LogP contribution < -0.4 is 19.1 Å². The average Bonchev–Trinajstić information content (AvgIpc) is 2.89. The maximum Gasteiger partial charge on any atom is 0.264 e. The number of carbonyl (C=O) groups is 1. The van der Waals surface area contributed by atoms with Gasteiger partial charge in [0, 0.05) is 6.54 Å². The molecule has 3 aromatic carbocycles. The highest BCUT2D eigenvalue weighted by molar-refractivity contribution is 7.92. The minimum absolute atomic E-state index is 0.125. The molecule has 0 aliphatic rings. The predicted molar refractivity (Wildman–Crippen MR) is 142 cm³/mol. The lowest BCUT2D eigenvalue weighted by Crippen LogP contribution is -2.41. The van der Waals surface area contributed by atoms with E-state index in [9.17, 15) is 13.2 Å². The van der Waals surface area contributed by atoms with Gasteiger partial charge in [-0.3, -0.25) is 9.10 Å². The van der Waals surface area contributed by atoms with Crippen molar-refractivity contribution in [3.63, 3.8) is 0 Å². The van der Waals surface area contributed by atoms with Gasteiger partial charge in [-0.2, -0.15) is 0 Å². The quantitative estimate of drug-likeness (QED) is 0.336. The van der Waals surface area contributed by atoms with Crippen LogP contribution in [0.3, 0.4) is 0 Å². The molecule has 0 aliphatic carbocycles. The number of hydrogen-bond donors (Lipinski definition) is 1. The number of benzene rings is 3. The molecule has 1 amide bonds. The SMILES string of the molecule is CCCOc1ccccc1CCCNC(=O)CN(c1ccc(OC)cc1)S(=O)(=O)c1ccc(C)cc1. The molecule has 0 fully saturated rings. The molecule has 0 aromatic heterocycles. The van der Waals surface area contributed by atoms with Crippen molar-refractivity contribution in [2.75, 3.05) is 31.1 Å². The van der Waals surface area contributed by atoms with Crippen LogP contribution in [0.1, 0.15) is 30.9 Å². The molecule has 0 atom stereocenters. The monoisotopic (exact) mass is 510 g/mol. The second-order valence-electron chi connectivity index (χ2n) is 8.43. The van der Waals surface area contributed by atoms with E-state index in [0.717, 1.165) is 34.0 Å². The summed E-state index contributed by atoms with van der Waals surface area (Å²) >= 11 is 0. The molecule has 36 heavy (non-hydrogen) atoms. The molecule has 0 heterocycles. The number of amides is 1. The lowest BCUT2D eigenvalue weighted by Gasteiger charge is -2.24. The molecule has 0 radical (unpaired) electrons. The number of ether oxygens (including phenoxy) is 2. The van der Waals surface area contributed by atoms with Crippen LogP contribution >= 0.6 is 0 Å². The summed E-state index contributed by atoms with van der Waals surface area (Å²) in [7, 11) is -2.42. The van der Waals surface area contributed by atoms with E-state index in [1.54, 1.807) is 48.5 Å². The minimum Gasteiger partial charge on any atom is -0.497 e. The largest absolute Gasteiger partial charge is 0.497 e. The number of hydrogen-bond acceptors (Lipinski definition) is 5. The van der Waals surface area contributed by atoms with E-state index in [1.807, 2.05) is 31.2 Å². The molecule has 8 heteroatoms. The van der Waals surface area contributed by atoms with Crippen molar-refractivity contribution >= 4 is 21.6 Å². The van der Waals surface area contributed by atoms with Crippen molar-refractivity contribution in [1.82, 2.24) is 5.32 Å². The summed E-state index contributed by atoms with van der Waals surface area (Å²) in [6.07, 6.45) is 2.37. The first-order valence-corrected chi connectivity index (χ1v) is 13.5. The van der Waals surface area contributed by atoms with Crippen molar-refractivity contribution in [3.8, 4) is 11.5 Å². The van der Waals surface area contributed by atoms with Crippen LogP contribution in [0.4, 0.5) is 5.69 Å². The Morgan fingerprint density at radius 3 is 2.33 bits per heavy atom. The van der Waals surface area contributed by atoms with Crippen molar-refractivity contribution in [2.45, 2.75) is 38.0 Å². The topological polar surface area (TPSA) is 84.9 Å². The number of methoxy groups -OCH3 is 1. The molecule has 7 nitrogen and oxygen atoms in total. The summed E-state index contributed by atoms with van der Waals surface area (Å²) in [5.41, 5.74) is 2.42. The van der Waals surface area contributed by atoms with Gasteiger partial charge in [0.2, 0.25) is 5.91 Å². The van der Waals surface area contributed by atoms with Crippen molar-refractivity contribution in [2.24, 2.45) is 0 Å². The van der Waals surface area contributed by atoms with Crippen molar-refractivity contribution < 1.29 is 22.7 Å². The first-order chi connectivity index (χ1) is 17.3. The highest BCUT2D eigenvalue weighted by atomic mass is 32.2. The average molecular weight is 511 g/mol. The van der Waals surface area contributed by atoms with E-state index < -0.39 is 10.0 Å². The summed E-state index contributed by atoms with van der Waals surface area (Å²) in [4.78, 5) is 13.0. The van der Waals surface area contributed by atoms with Gasteiger partial charge >= 0.3 is 0 Å². The minimum atomic E-state index is -3.96. The molecule has 3 rings (SSSR count). The Morgan fingerprint density at radius 2 is 1.67 bits per heavy atom. The Kier molecular flexibility index (Phi) is 9.76. The highest BCUT2D eigenvalue weighted by Gasteiger charge is 2.27. The van der Waals surface area contributed by atoms with E-state index in [-0.39, 0.29) is 17.3 Å². The number of aryl methyl sites for hydroxylation is 2. The van der Waals surface area contributed by atoms with E-state index >= 15 is 0 Å². The Morgan fingerprint density at radius 1 is 0.972 bits per heavy atom. The fraction of sp³-hybridized carbons (Fsp3) is 0.321. The predicted octanol–water partition coefficient (Wildman–Crippen LogP) is 4.74. The summed E-state index contributed by atoms with van der Waals surface area (Å²) in [5.74, 6) is 1.08. The van der Waals surface area contributed by atoms with Gasteiger partial charge in [-0.1, -0.05) is 42.8 Å². The standard InChI is InChI=1S/C28H34N2O5S/c1-4-20-35-27-10-6-5-8-23(27)9-7-19-29-28(31)21-30(24-13-15-25(34-3)16-14-24)36(32,33)26-17-11-22(2)12-18-26/h5-6,8,10-18H,4,7,9,19-21H2,1-3H3,(H,29,31). The van der Waals surface area contributed by atoms with Gasteiger partial charge in [-0.05, 0) is 74.2 Å². The third kappa shape index (κ3) is 7.24. The zero-order valence-corrected chi connectivity index (χ0v) is 21.9.